The smallest absolute Gasteiger partial charge is 0.166 e. The van der Waals surface area contributed by atoms with Gasteiger partial charge in [-0.3, -0.25) is 4.90 Å². The van der Waals surface area contributed by atoms with Crippen molar-refractivity contribution >= 4 is 0 Å². The molecule has 0 heterocycles. The lowest BCUT2D eigenvalue weighted by molar-refractivity contribution is 0.239. The first kappa shape index (κ1) is 25.8. The van der Waals surface area contributed by atoms with Crippen molar-refractivity contribution in [3.8, 4) is 11.5 Å². The van der Waals surface area contributed by atoms with Gasteiger partial charge in [0.15, 0.2) is 11.5 Å². The molecule has 0 bridgehead atoms. The van der Waals surface area contributed by atoms with Crippen LogP contribution in [0.25, 0.3) is 0 Å². The minimum Gasteiger partial charge on any atom is -0.493 e. The van der Waals surface area contributed by atoms with Crippen LogP contribution in [-0.4, -0.2) is 25.1 Å². The number of unbranched alkanes of at least 4 members (excludes halogenated alkanes) is 4. The zero-order chi connectivity index (χ0) is 23.8. The fourth-order valence-electron chi connectivity index (χ4n) is 4.32. The third-order valence-electron chi connectivity index (χ3n) is 6.26. The van der Waals surface area contributed by atoms with Gasteiger partial charge in [-0.05, 0) is 56.0 Å². The molecule has 0 saturated carbocycles. The topological polar surface area (TPSA) is 21.7 Å². The summed E-state index contributed by atoms with van der Waals surface area (Å²) in [6.45, 7) is 5.93. The molecule has 0 spiro atoms. The molecule has 0 aromatic heterocycles. The highest BCUT2D eigenvalue weighted by molar-refractivity contribution is 5.46. The number of hydrogen-bond donors (Lipinski definition) is 0. The van der Waals surface area contributed by atoms with Crippen molar-refractivity contribution < 1.29 is 9.47 Å². The van der Waals surface area contributed by atoms with Crippen LogP contribution < -0.4 is 9.47 Å². The second kappa shape index (κ2) is 15.2. The van der Waals surface area contributed by atoms with E-state index in [9.17, 15) is 0 Å². The Bertz CT molecular complexity index is 927. The maximum Gasteiger partial charge on any atom is 0.166 e. The monoisotopic (exact) mass is 459 g/mol. The SMILES string of the molecule is CCCCCCN(CCCCc1ccccc1)Cc1cccc(OC)c1OCc1ccccc1. The Labute approximate surface area is 206 Å². The van der Waals surface area contributed by atoms with Crippen LogP contribution in [0, 0.1) is 0 Å². The molecule has 0 radical (unpaired) electrons. The van der Waals surface area contributed by atoms with Crippen LogP contribution in [-0.2, 0) is 19.6 Å². The Hall–Kier alpha value is -2.78. The lowest BCUT2D eigenvalue weighted by atomic mass is 10.1. The first-order valence-electron chi connectivity index (χ1n) is 12.9. The van der Waals surface area contributed by atoms with Gasteiger partial charge in [0.2, 0.25) is 0 Å². The van der Waals surface area contributed by atoms with Crippen molar-refractivity contribution in [3.63, 3.8) is 0 Å². The maximum absolute atomic E-state index is 6.32. The number of ether oxygens (including phenoxy) is 2. The molecule has 0 amide bonds. The fourth-order valence-corrected chi connectivity index (χ4v) is 4.32. The van der Waals surface area contributed by atoms with E-state index in [1.807, 2.05) is 12.1 Å². The van der Waals surface area contributed by atoms with Gasteiger partial charge in [0.05, 0.1) is 7.11 Å². The second-order valence-corrected chi connectivity index (χ2v) is 9.00. The largest absolute Gasteiger partial charge is 0.493 e. The van der Waals surface area contributed by atoms with Crippen molar-refractivity contribution in [1.29, 1.82) is 0 Å². The van der Waals surface area contributed by atoms with Crippen LogP contribution in [0.4, 0.5) is 0 Å². The highest BCUT2D eigenvalue weighted by atomic mass is 16.5. The molecule has 3 heteroatoms. The molecule has 3 aromatic carbocycles. The number of aryl methyl sites for hydroxylation is 1. The van der Waals surface area contributed by atoms with Crippen LogP contribution >= 0.6 is 0 Å². The molecule has 0 saturated heterocycles. The molecule has 0 N–H and O–H groups in total. The Morgan fingerprint density at radius 2 is 1.35 bits per heavy atom. The van der Waals surface area contributed by atoms with Crippen molar-refractivity contribution in [2.45, 2.75) is 65.0 Å². The van der Waals surface area contributed by atoms with Crippen molar-refractivity contribution in [1.82, 2.24) is 4.90 Å². The van der Waals surface area contributed by atoms with Gasteiger partial charge in [0.1, 0.15) is 6.61 Å². The van der Waals surface area contributed by atoms with E-state index in [1.54, 1.807) is 7.11 Å². The minimum absolute atomic E-state index is 0.543. The van der Waals surface area contributed by atoms with Crippen molar-refractivity contribution in [2.24, 2.45) is 0 Å². The summed E-state index contributed by atoms with van der Waals surface area (Å²) in [4.78, 5) is 2.60. The van der Waals surface area contributed by atoms with Gasteiger partial charge in [-0.2, -0.15) is 0 Å². The van der Waals surface area contributed by atoms with E-state index in [2.05, 4.69) is 78.6 Å². The van der Waals surface area contributed by atoms with E-state index in [4.69, 9.17) is 9.47 Å². The first-order chi connectivity index (χ1) is 16.8. The molecule has 3 aromatic rings. The predicted octanol–water partition coefficient (Wildman–Crippen LogP) is 7.68. The second-order valence-electron chi connectivity index (χ2n) is 9.00. The van der Waals surface area contributed by atoms with Crippen LogP contribution in [0.1, 0.15) is 62.1 Å². The molecule has 34 heavy (non-hydrogen) atoms. The number of para-hydroxylation sites is 1. The van der Waals surface area contributed by atoms with E-state index in [1.165, 1.54) is 49.7 Å². The van der Waals surface area contributed by atoms with E-state index >= 15 is 0 Å². The molecule has 0 fully saturated rings. The number of nitrogens with zero attached hydrogens (tertiary/aromatic N) is 1. The third-order valence-corrected chi connectivity index (χ3v) is 6.26. The standard InChI is InChI=1S/C31H41NO2/c1-3-4-5-13-23-32(24-14-12-18-27-16-8-6-9-17-27)25-29-21-15-22-30(33-2)31(29)34-26-28-19-10-7-11-20-28/h6-11,15-17,19-22H,3-5,12-14,18,23-26H2,1-2H3. The van der Waals surface area contributed by atoms with Gasteiger partial charge in [-0.1, -0.05) is 99.0 Å². The summed E-state index contributed by atoms with van der Waals surface area (Å²) in [5.74, 6) is 1.68. The molecular weight excluding hydrogens is 418 g/mol. The van der Waals surface area contributed by atoms with Gasteiger partial charge in [-0.25, -0.2) is 0 Å². The van der Waals surface area contributed by atoms with Gasteiger partial charge in [0.25, 0.3) is 0 Å². The predicted molar refractivity (Wildman–Crippen MR) is 143 cm³/mol. The molecule has 3 nitrogen and oxygen atoms in total. The highest BCUT2D eigenvalue weighted by Crippen LogP contribution is 2.33. The van der Waals surface area contributed by atoms with E-state index in [0.717, 1.165) is 43.1 Å². The Morgan fingerprint density at radius 1 is 0.676 bits per heavy atom. The summed E-state index contributed by atoms with van der Waals surface area (Å²) < 4.78 is 12.0. The average molecular weight is 460 g/mol. The van der Waals surface area contributed by atoms with E-state index in [-0.39, 0.29) is 0 Å². The maximum atomic E-state index is 6.32. The molecule has 3 rings (SSSR count). The quantitative estimate of drug-likeness (QED) is 0.205. The number of methoxy groups -OCH3 is 1. The van der Waals surface area contributed by atoms with Gasteiger partial charge in [0, 0.05) is 12.1 Å². The van der Waals surface area contributed by atoms with Crippen LogP contribution in [0.2, 0.25) is 0 Å². The lowest BCUT2D eigenvalue weighted by Crippen LogP contribution is -2.26. The molecule has 0 aliphatic rings. The number of hydrogen-bond acceptors (Lipinski definition) is 3. The normalized spacial score (nSPS) is 11.0. The van der Waals surface area contributed by atoms with Crippen LogP contribution in [0.5, 0.6) is 11.5 Å². The molecule has 182 valence electrons. The summed E-state index contributed by atoms with van der Waals surface area (Å²) in [7, 11) is 1.72. The fraction of sp³-hybridized carbons (Fsp3) is 0.419. The zero-order valence-electron chi connectivity index (χ0n) is 21.0. The van der Waals surface area contributed by atoms with Gasteiger partial charge < -0.3 is 9.47 Å². The summed E-state index contributed by atoms with van der Waals surface area (Å²) in [5.41, 5.74) is 3.80. The van der Waals surface area contributed by atoms with Crippen molar-refractivity contribution in [2.75, 3.05) is 20.2 Å². The van der Waals surface area contributed by atoms with E-state index < -0.39 is 0 Å². The van der Waals surface area contributed by atoms with E-state index in [0.29, 0.717) is 6.61 Å². The first-order valence-corrected chi connectivity index (χ1v) is 12.9. The Balaban J connectivity index is 1.64. The van der Waals surface area contributed by atoms with Gasteiger partial charge >= 0.3 is 0 Å². The summed E-state index contributed by atoms with van der Waals surface area (Å²) in [5, 5.41) is 0. The van der Waals surface area contributed by atoms with Crippen LogP contribution in [0.3, 0.4) is 0 Å². The summed E-state index contributed by atoms with van der Waals surface area (Å²) in [6.07, 6.45) is 8.69. The third kappa shape index (κ3) is 8.87. The average Bonchev–Trinajstić information content (AvgIpc) is 2.89. The molecule has 0 atom stereocenters. The Kier molecular flexibility index (Phi) is 11.5. The number of rotatable bonds is 16. The van der Waals surface area contributed by atoms with Crippen molar-refractivity contribution in [3.05, 3.63) is 95.6 Å². The molecular formula is C31H41NO2. The summed E-state index contributed by atoms with van der Waals surface area (Å²) in [6, 6.07) is 27.4. The zero-order valence-corrected chi connectivity index (χ0v) is 21.0. The lowest BCUT2D eigenvalue weighted by Gasteiger charge is -2.24. The molecule has 0 aliphatic heterocycles. The number of benzene rings is 3. The summed E-state index contributed by atoms with van der Waals surface area (Å²) >= 11 is 0. The van der Waals surface area contributed by atoms with Gasteiger partial charge in [-0.15, -0.1) is 0 Å². The minimum atomic E-state index is 0.543. The molecule has 0 unspecified atom stereocenters. The van der Waals surface area contributed by atoms with Crippen LogP contribution in [0.15, 0.2) is 78.9 Å². The Morgan fingerprint density at radius 3 is 2.03 bits per heavy atom. The molecule has 0 aliphatic carbocycles. The highest BCUT2D eigenvalue weighted by Gasteiger charge is 2.15.